The minimum Gasteiger partial charge on any atom is -0.489 e. The Morgan fingerprint density at radius 2 is 1.90 bits per heavy atom. The van der Waals surface area contributed by atoms with Gasteiger partial charge in [-0.1, -0.05) is 30.8 Å². The highest BCUT2D eigenvalue weighted by molar-refractivity contribution is 7.96. The highest BCUT2D eigenvalue weighted by Crippen LogP contribution is 2.22. The lowest BCUT2D eigenvalue weighted by Crippen LogP contribution is -2.41. The van der Waals surface area contributed by atoms with Crippen molar-refractivity contribution < 1.29 is 23.9 Å². The lowest BCUT2D eigenvalue weighted by atomic mass is 10.0. The molecule has 11 heteroatoms. The fourth-order valence-corrected chi connectivity index (χ4v) is 4.43. The minimum atomic E-state index is -0.615. The van der Waals surface area contributed by atoms with E-state index in [0.29, 0.717) is 17.9 Å². The predicted molar refractivity (Wildman–Crippen MR) is 151 cm³/mol. The van der Waals surface area contributed by atoms with E-state index in [1.165, 1.54) is 11.1 Å². The molecule has 0 saturated carbocycles. The smallest absolute Gasteiger partial charge is 0.410 e. The van der Waals surface area contributed by atoms with E-state index in [4.69, 9.17) is 9.47 Å². The molecule has 1 aromatic heterocycles. The topological polar surface area (TPSA) is 122 Å². The molecule has 2 N–H and O–H groups in total. The highest BCUT2D eigenvalue weighted by atomic mass is 32.1. The van der Waals surface area contributed by atoms with Gasteiger partial charge in [-0.25, -0.2) is 10.2 Å². The van der Waals surface area contributed by atoms with Crippen molar-refractivity contribution in [1.29, 1.82) is 0 Å². The molecule has 0 radical (unpaired) electrons. The standard InChI is InChI=1S/C28H31N5O5S/c1-17(2)38-28(36)33-14-21(13-29-32-27(35)39)25(15-33)31-26(34)19-8-10-22(11-9-19)37-16-20-12-18(3)30-24-7-5-4-6-23(20)24/h4-13,17,21,25H,14-16H2,1-3H3,(H,31,34)(H2,32,35,39)/b29-13+/t21-,25+/m0/s1. The molecule has 4 rings (SSSR count). The third-order valence-corrected chi connectivity index (χ3v) is 6.24. The maximum atomic E-state index is 13.0. The molecule has 2 atom stereocenters. The number of fused-ring (bicyclic) bond motifs is 1. The van der Waals surface area contributed by atoms with Crippen molar-refractivity contribution in [2.45, 2.75) is 39.5 Å². The predicted octanol–water partition coefficient (Wildman–Crippen LogP) is 4.32. The van der Waals surface area contributed by atoms with Gasteiger partial charge >= 0.3 is 6.09 Å². The third kappa shape index (κ3) is 7.47. The van der Waals surface area contributed by atoms with Crippen molar-refractivity contribution in [1.82, 2.24) is 20.6 Å². The molecule has 0 spiro atoms. The van der Waals surface area contributed by atoms with Crippen LogP contribution in [0, 0.1) is 12.8 Å². The molecule has 3 aromatic rings. The first-order valence-electron chi connectivity index (χ1n) is 12.6. The fraction of sp³-hybridized carbons (Fsp3) is 0.321. The number of nitrogens with zero attached hydrogens (tertiary/aromatic N) is 3. The second kappa shape index (κ2) is 12.6. The summed E-state index contributed by atoms with van der Waals surface area (Å²) in [7, 11) is 0. The van der Waals surface area contributed by atoms with Gasteiger partial charge < -0.3 is 19.7 Å². The maximum absolute atomic E-state index is 13.0. The fourth-order valence-electron chi connectivity index (χ4n) is 4.38. The number of thiol groups is 1. The number of hydrazone groups is 1. The minimum absolute atomic E-state index is 0.239. The molecule has 39 heavy (non-hydrogen) atoms. The zero-order valence-corrected chi connectivity index (χ0v) is 22.9. The largest absolute Gasteiger partial charge is 0.489 e. The summed E-state index contributed by atoms with van der Waals surface area (Å²) in [6.07, 6.45) is 0.740. The van der Waals surface area contributed by atoms with E-state index in [0.717, 1.165) is 22.2 Å². The summed E-state index contributed by atoms with van der Waals surface area (Å²) < 4.78 is 11.3. The molecular weight excluding hydrogens is 518 g/mol. The molecule has 2 aromatic carbocycles. The molecular formula is C28H31N5O5S. The van der Waals surface area contributed by atoms with E-state index in [1.807, 2.05) is 37.3 Å². The molecule has 1 fully saturated rings. The first-order valence-corrected chi connectivity index (χ1v) is 13.0. The summed E-state index contributed by atoms with van der Waals surface area (Å²) in [5, 5.41) is 7.25. The monoisotopic (exact) mass is 549 g/mol. The Kier molecular flexibility index (Phi) is 9.03. The number of aromatic nitrogens is 1. The Labute approximate surface area is 232 Å². The van der Waals surface area contributed by atoms with Crippen molar-refractivity contribution in [3.63, 3.8) is 0 Å². The SMILES string of the molecule is Cc1cc(COc2ccc(C(=O)N[C@@H]3CN(C(=O)OC(C)C)C[C@@H]3/C=N/NC(=O)S)cc2)c2ccccc2n1. The van der Waals surface area contributed by atoms with Crippen molar-refractivity contribution in [2.75, 3.05) is 13.1 Å². The first kappa shape index (κ1) is 27.9. The summed E-state index contributed by atoms with van der Waals surface area (Å²) in [6.45, 7) is 6.36. The van der Waals surface area contributed by atoms with E-state index >= 15 is 0 Å². The Bertz CT molecular complexity index is 1380. The number of hydrogen-bond donors (Lipinski definition) is 3. The summed E-state index contributed by atoms with van der Waals surface area (Å²) >= 11 is 3.62. The van der Waals surface area contributed by atoms with Crippen LogP contribution in [0.25, 0.3) is 10.9 Å². The molecule has 2 heterocycles. The quantitative estimate of drug-likeness (QED) is 0.219. The summed E-state index contributed by atoms with van der Waals surface area (Å²) in [6, 6.07) is 16.4. The molecule has 1 aliphatic heterocycles. The number of carbonyl (C=O) groups excluding carboxylic acids is 3. The summed E-state index contributed by atoms with van der Waals surface area (Å²) in [5.74, 6) is -0.0193. The number of benzene rings is 2. The number of likely N-dealkylation sites (tertiary alicyclic amines) is 1. The second-order valence-electron chi connectivity index (χ2n) is 9.53. The Morgan fingerprint density at radius 3 is 2.62 bits per heavy atom. The van der Waals surface area contributed by atoms with Crippen molar-refractivity contribution >= 4 is 47.0 Å². The van der Waals surface area contributed by atoms with Gasteiger partial charge in [-0.3, -0.25) is 14.6 Å². The number of ether oxygens (including phenoxy) is 2. The van der Waals surface area contributed by atoms with Crippen LogP contribution in [0.1, 0.15) is 35.5 Å². The Morgan fingerprint density at radius 1 is 1.15 bits per heavy atom. The van der Waals surface area contributed by atoms with Gasteiger partial charge in [0.05, 0.1) is 17.7 Å². The van der Waals surface area contributed by atoms with Crippen LogP contribution in [0.4, 0.5) is 9.59 Å². The van der Waals surface area contributed by atoms with Crippen LogP contribution in [0.2, 0.25) is 0 Å². The normalized spacial score (nSPS) is 17.0. The van der Waals surface area contributed by atoms with E-state index in [2.05, 4.69) is 33.5 Å². The van der Waals surface area contributed by atoms with Crippen LogP contribution in [0.5, 0.6) is 5.75 Å². The van der Waals surface area contributed by atoms with Crippen molar-refractivity contribution in [3.05, 3.63) is 71.4 Å². The number of carbonyl (C=O) groups is 3. The number of hydrogen-bond acceptors (Lipinski definition) is 7. The van der Waals surface area contributed by atoms with E-state index in [1.54, 1.807) is 38.1 Å². The van der Waals surface area contributed by atoms with Crippen LogP contribution in [-0.4, -0.2) is 58.6 Å². The summed E-state index contributed by atoms with van der Waals surface area (Å²) in [4.78, 5) is 42.6. The van der Waals surface area contributed by atoms with Gasteiger partial charge in [-0.15, -0.1) is 0 Å². The lowest BCUT2D eigenvalue weighted by Gasteiger charge is -2.18. The highest BCUT2D eigenvalue weighted by Gasteiger charge is 2.36. The lowest BCUT2D eigenvalue weighted by molar-refractivity contribution is 0.0815. The van der Waals surface area contributed by atoms with E-state index in [-0.39, 0.29) is 31.0 Å². The van der Waals surface area contributed by atoms with Crippen molar-refractivity contribution in [2.24, 2.45) is 11.0 Å². The van der Waals surface area contributed by atoms with Crippen LogP contribution in [-0.2, 0) is 11.3 Å². The second-order valence-corrected chi connectivity index (χ2v) is 9.94. The van der Waals surface area contributed by atoms with Gasteiger partial charge in [0.1, 0.15) is 12.4 Å². The van der Waals surface area contributed by atoms with Crippen LogP contribution >= 0.6 is 12.6 Å². The van der Waals surface area contributed by atoms with E-state index in [9.17, 15) is 14.4 Å². The van der Waals surface area contributed by atoms with Gasteiger partial charge in [0, 0.05) is 47.4 Å². The molecule has 0 unspecified atom stereocenters. The van der Waals surface area contributed by atoms with Gasteiger partial charge in [0.2, 0.25) is 0 Å². The number of aryl methyl sites for hydroxylation is 1. The van der Waals surface area contributed by atoms with Crippen LogP contribution < -0.4 is 15.5 Å². The molecule has 1 aliphatic rings. The Hall–Kier alpha value is -4.12. The molecule has 3 amide bonds. The molecule has 0 bridgehead atoms. The average molecular weight is 550 g/mol. The van der Waals surface area contributed by atoms with Crippen LogP contribution in [0.15, 0.2) is 59.7 Å². The number of pyridine rings is 1. The first-order chi connectivity index (χ1) is 18.7. The molecule has 10 nitrogen and oxygen atoms in total. The van der Waals surface area contributed by atoms with Gasteiger partial charge in [0.15, 0.2) is 0 Å². The van der Waals surface area contributed by atoms with Gasteiger partial charge in [-0.05, 0) is 57.2 Å². The Balaban J connectivity index is 1.40. The molecule has 0 aliphatic carbocycles. The van der Waals surface area contributed by atoms with E-state index < -0.39 is 17.4 Å². The zero-order valence-electron chi connectivity index (χ0n) is 22.0. The van der Waals surface area contributed by atoms with Crippen molar-refractivity contribution in [3.8, 4) is 5.75 Å². The zero-order chi connectivity index (χ0) is 27.9. The maximum Gasteiger partial charge on any atom is 0.410 e. The number of rotatable bonds is 8. The van der Waals surface area contributed by atoms with Crippen LogP contribution in [0.3, 0.4) is 0 Å². The molecule has 204 valence electrons. The average Bonchev–Trinajstić information content (AvgIpc) is 3.29. The summed E-state index contributed by atoms with van der Waals surface area (Å²) in [5.41, 5.74) is 5.53. The molecule has 1 saturated heterocycles. The number of nitrogens with one attached hydrogen (secondary N) is 2. The number of para-hydroxylation sites is 1. The van der Waals surface area contributed by atoms with Gasteiger partial charge in [-0.2, -0.15) is 5.10 Å². The van der Waals surface area contributed by atoms with Gasteiger partial charge in [0.25, 0.3) is 11.1 Å². The number of amides is 3. The third-order valence-electron chi connectivity index (χ3n) is 6.14.